The van der Waals surface area contributed by atoms with Gasteiger partial charge in [0, 0.05) is 5.56 Å². The van der Waals surface area contributed by atoms with Gasteiger partial charge in [0.25, 0.3) is 5.89 Å². The lowest BCUT2D eigenvalue weighted by molar-refractivity contribution is 0.0429. The average Bonchev–Trinajstić information content (AvgIpc) is 3.15. The smallest absolute Gasteiger partial charge is 0.338 e. The molecule has 0 spiro atoms. The second kappa shape index (κ2) is 7.60. The molecule has 3 aromatic rings. The standard InChI is InChI=1S/C19H16N2O5/c1-12-3-5-13(6-4-12)17-20-16(26-21-17)11-25-19(23)15-9-7-14(8-10-15)18(22)24-2/h3-10H,11H2,1-2H3. The molecule has 1 aromatic heterocycles. The van der Waals surface area contributed by atoms with E-state index in [9.17, 15) is 9.59 Å². The fraction of sp³-hybridized carbons (Fsp3) is 0.158. The summed E-state index contributed by atoms with van der Waals surface area (Å²) in [6.45, 7) is 1.85. The molecule has 0 radical (unpaired) electrons. The molecule has 0 aliphatic heterocycles. The zero-order valence-electron chi connectivity index (χ0n) is 14.3. The van der Waals surface area contributed by atoms with Crippen LogP contribution < -0.4 is 0 Å². The van der Waals surface area contributed by atoms with Crippen LogP contribution in [-0.2, 0) is 16.1 Å². The molecule has 7 nitrogen and oxygen atoms in total. The lowest BCUT2D eigenvalue weighted by Gasteiger charge is -2.03. The van der Waals surface area contributed by atoms with Crippen molar-refractivity contribution in [3.8, 4) is 11.4 Å². The minimum absolute atomic E-state index is 0.142. The first kappa shape index (κ1) is 17.3. The molecule has 0 N–H and O–H groups in total. The Balaban J connectivity index is 1.61. The SMILES string of the molecule is COC(=O)c1ccc(C(=O)OCc2nc(-c3ccc(C)cc3)no2)cc1. The number of benzene rings is 2. The van der Waals surface area contributed by atoms with Crippen molar-refractivity contribution in [2.24, 2.45) is 0 Å². The van der Waals surface area contributed by atoms with Crippen LogP contribution >= 0.6 is 0 Å². The highest BCUT2D eigenvalue weighted by Crippen LogP contribution is 2.17. The summed E-state index contributed by atoms with van der Waals surface area (Å²) in [5.74, 6) is -0.408. The lowest BCUT2D eigenvalue weighted by atomic mass is 10.1. The van der Waals surface area contributed by atoms with E-state index in [0.29, 0.717) is 17.0 Å². The topological polar surface area (TPSA) is 91.5 Å². The maximum Gasteiger partial charge on any atom is 0.338 e. The second-order valence-electron chi connectivity index (χ2n) is 5.52. The van der Waals surface area contributed by atoms with E-state index in [1.807, 2.05) is 31.2 Å². The Hall–Kier alpha value is -3.48. The molecule has 2 aromatic carbocycles. The number of rotatable bonds is 5. The van der Waals surface area contributed by atoms with E-state index in [4.69, 9.17) is 9.26 Å². The predicted molar refractivity (Wildman–Crippen MR) is 91.4 cm³/mol. The first-order valence-corrected chi connectivity index (χ1v) is 7.82. The van der Waals surface area contributed by atoms with Gasteiger partial charge in [-0.25, -0.2) is 9.59 Å². The minimum Gasteiger partial charge on any atom is -0.465 e. The van der Waals surface area contributed by atoms with E-state index in [-0.39, 0.29) is 12.5 Å². The molecule has 0 bridgehead atoms. The van der Waals surface area contributed by atoms with E-state index in [1.54, 1.807) is 0 Å². The molecule has 0 saturated carbocycles. The Kier molecular flexibility index (Phi) is 5.07. The molecule has 0 aliphatic rings. The molecule has 0 saturated heterocycles. The van der Waals surface area contributed by atoms with E-state index in [1.165, 1.54) is 31.4 Å². The van der Waals surface area contributed by atoms with Crippen molar-refractivity contribution in [2.75, 3.05) is 7.11 Å². The van der Waals surface area contributed by atoms with Crippen molar-refractivity contribution < 1.29 is 23.6 Å². The first-order valence-electron chi connectivity index (χ1n) is 7.82. The molecule has 0 aliphatic carbocycles. The number of hydrogen-bond acceptors (Lipinski definition) is 7. The van der Waals surface area contributed by atoms with Crippen LogP contribution in [0.25, 0.3) is 11.4 Å². The first-order chi connectivity index (χ1) is 12.6. The van der Waals surface area contributed by atoms with Gasteiger partial charge in [-0.1, -0.05) is 35.0 Å². The number of ether oxygens (including phenoxy) is 2. The molecular formula is C19H16N2O5. The Morgan fingerprint density at radius 2 is 1.58 bits per heavy atom. The summed E-state index contributed by atoms with van der Waals surface area (Å²) in [7, 11) is 1.29. The van der Waals surface area contributed by atoms with E-state index < -0.39 is 11.9 Å². The number of esters is 2. The summed E-state index contributed by atoms with van der Waals surface area (Å²) in [5.41, 5.74) is 2.60. The predicted octanol–water partition coefficient (Wildman–Crippen LogP) is 3.19. The number of aromatic nitrogens is 2. The Bertz CT molecular complexity index is 914. The Morgan fingerprint density at radius 3 is 2.19 bits per heavy atom. The van der Waals surface area contributed by atoms with Gasteiger partial charge in [0.15, 0.2) is 6.61 Å². The van der Waals surface area contributed by atoms with Gasteiger partial charge in [0.2, 0.25) is 5.82 Å². The third-order valence-corrected chi connectivity index (χ3v) is 3.65. The van der Waals surface area contributed by atoms with Gasteiger partial charge >= 0.3 is 11.9 Å². The molecule has 0 unspecified atom stereocenters. The molecule has 26 heavy (non-hydrogen) atoms. The lowest BCUT2D eigenvalue weighted by Crippen LogP contribution is -2.07. The second-order valence-corrected chi connectivity index (χ2v) is 5.52. The van der Waals surface area contributed by atoms with Crippen LogP contribution in [0.3, 0.4) is 0 Å². The van der Waals surface area contributed by atoms with Gasteiger partial charge in [0.1, 0.15) is 0 Å². The third kappa shape index (κ3) is 3.94. The molecule has 0 amide bonds. The van der Waals surface area contributed by atoms with Gasteiger partial charge in [-0.15, -0.1) is 0 Å². The van der Waals surface area contributed by atoms with Crippen molar-refractivity contribution in [2.45, 2.75) is 13.5 Å². The van der Waals surface area contributed by atoms with E-state index in [2.05, 4.69) is 14.9 Å². The molecule has 0 atom stereocenters. The zero-order valence-corrected chi connectivity index (χ0v) is 14.3. The summed E-state index contributed by atoms with van der Waals surface area (Å²) in [4.78, 5) is 27.6. The third-order valence-electron chi connectivity index (χ3n) is 3.65. The van der Waals surface area contributed by atoms with E-state index >= 15 is 0 Å². The van der Waals surface area contributed by atoms with Crippen molar-refractivity contribution >= 4 is 11.9 Å². The number of carbonyl (C=O) groups excluding carboxylic acids is 2. The molecule has 1 heterocycles. The van der Waals surface area contributed by atoms with Crippen LogP contribution in [0.5, 0.6) is 0 Å². The molecule has 0 fully saturated rings. The number of aryl methyl sites for hydroxylation is 1. The monoisotopic (exact) mass is 352 g/mol. The van der Waals surface area contributed by atoms with Gasteiger partial charge in [-0.05, 0) is 31.2 Å². The minimum atomic E-state index is -0.559. The maximum absolute atomic E-state index is 12.1. The summed E-state index contributed by atoms with van der Waals surface area (Å²) in [6, 6.07) is 13.6. The summed E-state index contributed by atoms with van der Waals surface area (Å²) >= 11 is 0. The number of nitrogens with zero attached hydrogens (tertiary/aromatic N) is 2. The van der Waals surface area contributed by atoms with Crippen molar-refractivity contribution in [1.82, 2.24) is 10.1 Å². The number of methoxy groups -OCH3 is 1. The maximum atomic E-state index is 12.1. The van der Waals surface area contributed by atoms with Crippen molar-refractivity contribution in [3.05, 3.63) is 71.1 Å². The number of carbonyl (C=O) groups is 2. The van der Waals surface area contributed by atoms with Gasteiger partial charge < -0.3 is 14.0 Å². The van der Waals surface area contributed by atoms with Crippen LogP contribution in [0.1, 0.15) is 32.2 Å². The number of hydrogen-bond donors (Lipinski definition) is 0. The zero-order chi connectivity index (χ0) is 18.5. The van der Waals surface area contributed by atoms with Crippen LogP contribution in [-0.4, -0.2) is 29.2 Å². The molecule has 132 valence electrons. The molecular weight excluding hydrogens is 336 g/mol. The van der Waals surface area contributed by atoms with Crippen molar-refractivity contribution in [1.29, 1.82) is 0 Å². The normalized spacial score (nSPS) is 10.4. The van der Waals surface area contributed by atoms with Crippen LogP contribution in [0.2, 0.25) is 0 Å². The van der Waals surface area contributed by atoms with Crippen LogP contribution in [0, 0.1) is 6.92 Å². The van der Waals surface area contributed by atoms with E-state index in [0.717, 1.165) is 11.1 Å². The summed E-state index contributed by atoms with van der Waals surface area (Å²) < 4.78 is 14.9. The Labute approximate surface area is 149 Å². The largest absolute Gasteiger partial charge is 0.465 e. The van der Waals surface area contributed by atoms with Crippen LogP contribution in [0.15, 0.2) is 53.1 Å². The van der Waals surface area contributed by atoms with Gasteiger partial charge in [-0.2, -0.15) is 4.98 Å². The van der Waals surface area contributed by atoms with Gasteiger partial charge in [0.05, 0.1) is 18.2 Å². The highest BCUT2D eigenvalue weighted by molar-refractivity contribution is 5.93. The quantitative estimate of drug-likeness (QED) is 0.651. The van der Waals surface area contributed by atoms with Crippen molar-refractivity contribution in [3.63, 3.8) is 0 Å². The average molecular weight is 352 g/mol. The highest BCUT2D eigenvalue weighted by Gasteiger charge is 2.13. The fourth-order valence-corrected chi connectivity index (χ4v) is 2.20. The van der Waals surface area contributed by atoms with Gasteiger partial charge in [-0.3, -0.25) is 0 Å². The fourth-order valence-electron chi connectivity index (χ4n) is 2.20. The molecule has 3 rings (SSSR count). The van der Waals surface area contributed by atoms with Crippen LogP contribution in [0.4, 0.5) is 0 Å². The highest BCUT2D eigenvalue weighted by atomic mass is 16.6. The summed E-state index contributed by atoms with van der Waals surface area (Å²) in [6.07, 6.45) is 0. The Morgan fingerprint density at radius 1 is 0.962 bits per heavy atom. The summed E-state index contributed by atoms with van der Waals surface area (Å²) in [5, 5.41) is 3.88. The molecule has 7 heteroatoms.